The number of carbonyl (C=O) groups excluding carboxylic acids is 1. The van der Waals surface area contributed by atoms with Gasteiger partial charge in [-0.15, -0.1) is 0 Å². The van der Waals surface area contributed by atoms with E-state index in [0.717, 1.165) is 6.42 Å². The summed E-state index contributed by atoms with van der Waals surface area (Å²) in [6, 6.07) is 7.10. The second-order valence-corrected chi connectivity index (χ2v) is 9.73. The van der Waals surface area contributed by atoms with Gasteiger partial charge in [0.15, 0.2) is 0 Å². The normalized spacial score (nSPS) is 15.6. The van der Waals surface area contributed by atoms with E-state index in [1.54, 1.807) is 24.9 Å². The minimum Gasteiger partial charge on any atom is -0.336 e. The molecule has 2 aromatic carbocycles. The molecule has 8 nitrogen and oxygen atoms in total. The first kappa shape index (κ1) is 24.9. The number of aromatic nitrogens is 4. The molecule has 0 bridgehead atoms. The summed E-state index contributed by atoms with van der Waals surface area (Å²) in [6.07, 6.45) is 0.833. The molecule has 190 valence electrons. The first-order valence-electron chi connectivity index (χ1n) is 11.6. The lowest BCUT2D eigenvalue weighted by atomic mass is 10.1. The molecule has 1 fully saturated rings. The molecule has 0 N–H and O–H groups in total. The Kier molecular flexibility index (Phi) is 6.22. The molecule has 0 radical (unpaired) electrons. The number of fused-ring (bicyclic) bond motifs is 1. The molecule has 1 atom stereocenters. The molecule has 1 aliphatic rings. The lowest BCUT2D eigenvalue weighted by molar-refractivity contribution is 0.0777. The Bertz CT molecular complexity index is 1600. The first-order chi connectivity index (χ1) is 17.6. The number of amides is 1. The molecule has 2 aromatic heterocycles. The van der Waals surface area contributed by atoms with Crippen molar-refractivity contribution in [2.75, 3.05) is 27.2 Å². The van der Waals surface area contributed by atoms with E-state index in [4.69, 9.17) is 18.2 Å². The van der Waals surface area contributed by atoms with Crippen LogP contribution in [0.25, 0.3) is 32.8 Å². The number of likely N-dealkylation sites (tertiary alicyclic amines) is 1. The summed E-state index contributed by atoms with van der Waals surface area (Å²) in [7, 11) is 5.60. The van der Waals surface area contributed by atoms with Crippen LogP contribution >= 0.6 is 11.6 Å². The maximum Gasteiger partial charge on any atom is 0.274 e. The van der Waals surface area contributed by atoms with Crippen LogP contribution < -0.4 is 0 Å². The van der Waals surface area contributed by atoms with Gasteiger partial charge in [0.2, 0.25) is 5.69 Å². The number of halogens is 3. The summed E-state index contributed by atoms with van der Waals surface area (Å²) in [5.41, 5.74) is 1.20. The standard InChI is InChI=1S/C26H24ClF2N7O/c1-14-23(26(37)35-9-8-16(13-35)33(3)4)31-25(15-6-7-20(30-2)18(28)10-15)36(14)22-11-17-21(12-19(22)29)32-34(5)24(17)27/h6-7,10-12,16H,8-9,13H2,1,3-5H3/t16-/m0/s1. The van der Waals surface area contributed by atoms with Crippen LogP contribution in [0.3, 0.4) is 0 Å². The third-order valence-electron chi connectivity index (χ3n) is 6.89. The van der Waals surface area contributed by atoms with Gasteiger partial charge in [-0.25, -0.2) is 18.6 Å². The van der Waals surface area contributed by atoms with Crippen LogP contribution in [-0.4, -0.2) is 68.3 Å². The average Bonchev–Trinajstić information content (AvgIpc) is 3.55. The van der Waals surface area contributed by atoms with Crippen LogP contribution in [-0.2, 0) is 7.05 Å². The minimum absolute atomic E-state index is 0.101. The number of likely N-dealkylation sites (N-methyl/N-ethyl adjacent to an activating group) is 1. The van der Waals surface area contributed by atoms with Crippen LogP contribution in [0, 0.1) is 25.1 Å². The maximum atomic E-state index is 15.5. The van der Waals surface area contributed by atoms with Crippen molar-refractivity contribution in [2.45, 2.75) is 19.4 Å². The van der Waals surface area contributed by atoms with E-state index in [-0.39, 0.29) is 34.8 Å². The first-order valence-corrected chi connectivity index (χ1v) is 12.0. The summed E-state index contributed by atoms with van der Waals surface area (Å²) < 4.78 is 33.1. The number of hydrogen-bond acceptors (Lipinski definition) is 4. The summed E-state index contributed by atoms with van der Waals surface area (Å²) in [5, 5.41) is 5.07. The Morgan fingerprint density at radius 1 is 1.22 bits per heavy atom. The van der Waals surface area contributed by atoms with Gasteiger partial charge in [0.1, 0.15) is 28.3 Å². The number of rotatable bonds is 4. The van der Waals surface area contributed by atoms with Crippen LogP contribution in [0.5, 0.6) is 0 Å². The Hall–Kier alpha value is -3.81. The quantitative estimate of drug-likeness (QED) is 0.353. The van der Waals surface area contributed by atoms with Crippen LogP contribution in [0.2, 0.25) is 5.15 Å². The predicted molar refractivity (Wildman–Crippen MR) is 137 cm³/mol. The molecule has 1 amide bonds. The summed E-state index contributed by atoms with van der Waals surface area (Å²) in [5.74, 6) is -1.43. The van der Waals surface area contributed by atoms with Crippen LogP contribution in [0.15, 0.2) is 30.3 Å². The highest BCUT2D eigenvalue weighted by molar-refractivity contribution is 6.34. The van der Waals surface area contributed by atoms with Crippen molar-refractivity contribution < 1.29 is 13.6 Å². The highest BCUT2D eigenvalue weighted by Gasteiger charge is 2.32. The van der Waals surface area contributed by atoms with Gasteiger partial charge in [0, 0.05) is 43.2 Å². The fourth-order valence-corrected chi connectivity index (χ4v) is 4.97. The van der Waals surface area contributed by atoms with E-state index < -0.39 is 11.6 Å². The zero-order valence-corrected chi connectivity index (χ0v) is 21.5. The van der Waals surface area contributed by atoms with E-state index in [2.05, 4.69) is 19.8 Å². The van der Waals surface area contributed by atoms with E-state index in [1.165, 1.54) is 33.5 Å². The zero-order valence-electron chi connectivity index (χ0n) is 20.8. The van der Waals surface area contributed by atoms with Gasteiger partial charge in [-0.05, 0) is 39.6 Å². The van der Waals surface area contributed by atoms with Crippen molar-refractivity contribution >= 4 is 34.1 Å². The van der Waals surface area contributed by atoms with Crippen LogP contribution in [0.1, 0.15) is 22.6 Å². The summed E-state index contributed by atoms with van der Waals surface area (Å²) >= 11 is 6.40. The van der Waals surface area contributed by atoms with Crippen LogP contribution in [0.4, 0.5) is 14.5 Å². The second kappa shape index (κ2) is 9.25. The van der Waals surface area contributed by atoms with Gasteiger partial charge < -0.3 is 9.80 Å². The average molecular weight is 524 g/mol. The monoisotopic (exact) mass is 523 g/mol. The van der Waals surface area contributed by atoms with Crippen molar-refractivity contribution in [1.82, 2.24) is 29.1 Å². The Labute approximate surface area is 217 Å². The topological polar surface area (TPSA) is 63.6 Å². The maximum absolute atomic E-state index is 15.5. The number of hydrogen-bond donors (Lipinski definition) is 0. The molecule has 5 rings (SSSR count). The summed E-state index contributed by atoms with van der Waals surface area (Å²) in [6.45, 7) is 9.94. The fourth-order valence-electron chi connectivity index (χ4n) is 4.78. The molecule has 3 heterocycles. The largest absolute Gasteiger partial charge is 0.336 e. The zero-order chi connectivity index (χ0) is 26.6. The SMILES string of the molecule is [C-]#[N+]c1ccc(-c2nc(C(=O)N3CC[C@H](N(C)C)C3)c(C)n2-c2cc3c(Cl)n(C)nc3cc2F)cc1F. The Balaban J connectivity index is 1.71. The van der Waals surface area contributed by atoms with Gasteiger partial charge in [-0.2, -0.15) is 5.10 Å². The van der Waals surface area contributed by atoms with Crippen molar-refractivity contribution in [3.8, 4) is 17.1 Å². The number of imidazole rings is 1. The predicted octanol–water partition coefficient (Wildman–Crippen LogP) is 4.99. The Morgan fingerprint density at radius 2 is 1.97 bits per heavy atom. The summed E-state index contributed by atoms with van der Waals surface area (Å²) in [4.78, 5) is 25.2. The van der Waals surface area contributed by atoms with E-state index in [0.29, 0.717) is 40.4 Å². The molecule has 4 aromatic rings. The smallest absolute Gasteiger partial charge is 0.274 e. The number of benzene rings is 2. The van der Waals surface area contributed by atoms with Crippen molar-refractivity contribution in [3.05, 3.63) is 69.9 Å². The molecule has 37 heavy (non-hydrogen) atoms. The molecule has 1 saturated heterocycles. The number of nitrogens with zero attached hydrogens (tertiary/aromatic N) is 7. The fraction of sp³-hybridized carbons (Fsp3) is 0.308. The van der Waals surface area contributed by atoms with Gasteiger partial charge in [0.25, 0.3) is 5.91 Å². The third kappa shape index (κ3) is 4.14. The minimum atomic E-state index is -0.729. The molecule has 0 saturated carbocycles. The Morgan fingerprint density at radius 3 is 2.62 bits per heavy atom. The molecular formula is C26H24ClF2N7O. The van der Waals surface area contributed by atoms with Gasteiger partial charge >= 0.3 is 0 Å². The van der Waals surface area contributed by atoms with Crippen molar-refractivity contribution in [3.63, 3.8) is 0 Å². The van der Waals surface area contributed by atoms with Crippen molar-refractivity contribution in [2.24, 2.45) is 7.05 Å². The molecule has 1 aliphatic heterocycles. The lowest BCUT2D eigenvalue weighted by Crippen LogP contribution is -2.34. The molecule has 0 aliphatic carbocycles. The molecule has 0 spiro atoms. The van der Waals surface area contributed by atoms with E-state index in [9.17, 15) is 9.18 Å². The third-order valence-corrected chi connectivity index (χ3v) is 7.34. The van der Waals surface area contributed by atoms with E-state index in [1.807, 2.05) is 14.1 Å². The second-order valence-electron chi connectivity index (χ2n) is 9.38. The van der Waals surface area contributed by atoms with Gasteiger partial charge in [-0.1, -0.05) is 23.7 Å². The van der Waals surface area contributed by atoms with E-state index >= 15 is 4.39 Å². The number of aryl methyl sites for hydroxylation is 1. The highest BCUT2D eigenvalue weighted by Crippen LogP contribution is 2.34. The van der Waals surface area contributed by atoms with Gasteiger partial charge in [0.05, 0.1) is 23.5 Å². The number of carbonyl (C=O) groups is 1. The molecular weight excluding hydrogens is 500 g/mol. The van der Waals surface area contributed by atoms with Crippen molar-refractivity contribution in [1.29, 1.82) is 0 Å². The lowest BCUT2D eigenvalue weighted by Gasteiger charge is -2.20. The highest BCUT2D eigenvalue weighted by atomic mass is 35.5. The van der Waals surface area contributed by atoms with Gasteiger partial charge in [-0.3, -0.25) is 14.0 Å². The molecule has 11 heteroatoms. The molecule has 0 unspecified atom stereocenters.